The van der Waals surface area contributed by atoms with Crippen molar-refractivity contribution in [1.82, 2.24) is 4.90 Å². The molecule has 0 aromatic carbocycles. The van der Waals surface area contributed by atoms with Crippen LogP contribution in [0.25, 0.3) is 0 Å². The molecule has 1 atom stereocenters. The summed E-state index contributed by atoms with van der Waals surface area (Å²) in [7, 11) is 0. The van der Waals surface area contributed by atoms with E-state index in [1.807, 2.05) is 6.08 Å². The molecule has 4 heteroatoms. The molecular weight excluding hydrogens is 226 g/mol. The van der Waals surface area contributed by atoms with E-state index < -0.39 is 0 Å². The summed E-state index contributed by atoms with van der Waals surface area (Å²) in [5, 5.41) is 0. The Labute approximate surface area is 101 Å². The summed E-state index contributed by atoms with van der Waals surface area (Å²) in [6, 6.07) is 0. The Morgan fingerprint density at radius 2 is 2.20 bits per heavy atom. The van der Waals surface area contributed by atoms with Crippen LogP contribution < -0.4 is 0 Å². The lowest BCUT2D eigenvalue weighted by Gasteiger charge is -2.30. The predicted molar refractivity (Wildman–Crippen MR) is 71.1 cm³/mol. The lowest BCUT2D eigenvalue weighted by Crippen LogP contribution is -2.43. The van der Waals surface area contributed by atoms with Gasteiger partial charge in [-0.25, -0.2) is 0 Å². The molecule has 0 aliphatic carbocycles. The molecule has 0 bridgehead atoms. The van der Waals surface area contributed by atoms with Crippen molar-refractivity contribution in [2.75, 3.05) is 13.2 Å². The average molecular weight is 243 g/mol. The number of nitrogens with zero attached hydrogens (tertiary/aromatic N) is 1. The van der Waals surface area contributed by atoms with Gasteiger partial charge in [-0.15, -0.1) is 13.2 Å². The van der Waals surface area contributed by atoms with Crippen LogP contribution in [0.2, 0.25) is 0 Å². The second-order valence-electron chi connectivity index (χ2n) is 3.89. The minimum Gasteiger partial charge on any atom is -0.353 e. The number of hydrogen-bond acceptors (Lipinski definition) is 3. The number of thiocarbonyl (C=S) groups is 1. The molecule has 0 aromatic rings. The largest absolute Gasteiger partial charge is 0.353 e. The number of ether oxygens (including phenoxy) is 1. The van der Waals surface area contributed by atoms with Crippen LogP contribution >= 0.6 is 24.0 Å². The minimum absolute atomic E-state index is 0.00556. The maximum atomic E-state index is 5.75. The summed E-state index contributed by atoms with van der Waals surface area (Å²) in [6.45, 7) is 13.0. The second kappa shape index (κ2) is 5.14. The summed E-state index contributed by atoms with van der Waals surface area (Å²) in [6.07, 6.45) is 3.61. The Bertz CT molecular complexity index is 276. The van der Waals surface area contributed by atoms with Crippen LogP contribution in [0.1, 0.15) is 13.8 Å². The molecular formula is C11H17NOS2. The average Bonchev–Trinajstić information content (AvgIpc) is 2.35. The highest BCUT2D eigenvalue weighted by Gasteiger charge is 2.44. The third-order valence-corrected chi connectivity index (χ3v) is 3.78. The number of hydrogen-bond donors (Lipinski definition) is 0. The SMILES string of the molecule is C=CCOC1N(CC=C)C(=S)SC1(C)C. The number of thioether (sulfide) groups is 1. The Morgan fingerprint density at radius 3 is 2.73 bits per heavy atom. The maximum absolute atomic E-state index is 5.75. The first-order chi connectivity index (χ1) is 7.03. The summed E-state index contributed by atoms with van der Waals surface area (Å²) in [4.78, 5) is 2.07. The van der Waals surface area contributed by atoms with Gasteiger partial charge in [-0.1, -0.05) is 36.1 Å². The predicted octanol–water partition coefficient (Wildman–Crippen LogP) is 2.81. The molecule has 1 rings (SSSR count). The third kappa shape index (κ3) is 2.83. The van der Waals surface area contributed by atoms with Gasteiger partial charge in [0.05, 0.1) is 11.4 Å². The van der Waals surface area contributed by atoms with E-state index in [-0.39, 0.29) is 11.0 Å². The van der Waals surface area contributed by atoms with Gasteiger partial charge >= 0.3 is 0 Å². The Hall–Kier alpha value is -0.320. The van der Waals surface area contributed by atoms with E-state index in [2.05, 4.69) is 31.9 Å². The van der Waals surface area contributed by atoms with Gasteiger partial charge in [0.2, 0.25) is 0 Å². The topological polar surface area (TPSA) is 12.5 Å². The van der Waals surface area contributed by atoms with E-state index in [0.717, 1.165) is 10.9 Å². The van der Waals surface area contributed by atoms with Crippen molar-refractivity contribution in [2.24, 2.45) is 0 Å². The van der Waals surface area contributed by atoms with Crippen LogP contribution in [0.5, 0.6) is 0 Å². The van der Waals surface area contributed by atoms with Crippen LogP contribution in [-0.4, -0.2) is 33.3 Å². The Balaban J connectivity index is 2.78. The molecule has 1 saturated heterocycles. The summed E-state index contributed by atoms with van der Waals surface area (Å²) in [5.74, 6) is 0. The molecule has 0 amide bonds. The first-order valence-electron chi connectivity index (χ1n) is 4.86. The normalized spacial score (nSPS) is 24.3. The Morgan fingerprint density at radius 1 is 1.53 bits per heavy atom. The summed E-state index contributed by atoms with van der Waals surface area (Å²) in [5.41, 5.74) is 0. The quantitative estimate of drug-likeness (QED) is 0.543. The zero-order valence-corrected chi connectivity index (χ0v) is 10.9. The molecule has 1 heterocycles. The highest BCUT2D eigenvalue weighted by Crippen LogP contribution is 2.41. The van der Waals surface area contributed by atoms with Gasteiger partial charge in [0.25, 0.3) is 0 Å². The highest BCUT2D eigenvalue weighted by atomic mass is 32.2. The van der Waals surface area contributed by atoms with Crippen molar-refractivity contribution < 1.29 is 4.74 Å². The van der Waals surface area contributed by atoms with E-state index in [1.165, 1.54) is 0 Å². The van der Waals surface area contributed by atoms with E-state index in [4.69, 9.17) is 17.0 Å². The zero-order chi connectivity index (χ0) is 11.5. The van der Waals surface area contributed by atoms with Crippen LogP contribution in [0, 0.1) is 0 Å². The summed E-state index contributed by atoms with van der Waals surface area (Å²) < 4.78 is 6.63. The van der Waals surface area contributed by atoms with Gasteiger partial charge in [-0.2, -0.15) is 0 Å². The standard InChI is InChI=1S/C11H17NOS2/c1-5-7-12-9(13-8-6-2)11(3,4)15-10(12)14/h5-6,9H,1-2,7-8H2,3-4H3. The molecule has 2 nitrogen and oxygen atoms in total. The van der Waals surface area contributed by atoms with Crippen molar-refractivity contribution in [3.63, 3.8) is 0 Å². The van der Waals surface area contributed by atoms with Crippen molar-refractivity contribution in [3.05, 3.63) is 25.3 Å². The van der Waals surface area contributed by atoms with Gasteiger partial charge in [0.15, 0.2) is 0 Å². The van der Waals surface area contributed by atoms with Crippen molar-refractivity contribution >= 4 is 28.3 Å². The van der Waals surface area contributed by atoms with Gasteiger partial charge in [-0.05, 0) is 13.8 Å². The zero-order valence-electron chi connectivity index (χ0n) is 9.23. The van der Waals surface area contributed by atoms with Crippen molar-refractivity contribution in [1.29, 1.82) is 0 Å². The molecule has 0 aromatic heterocycles. The molecule has 0 saturated carbocycles. The molecule has 15 heavy (non-hydrogen) atoms. The van der Waals surface area contributed by atoms with Crippen molar-refractivity contribution in [3.8, 4) is 0 Å². The fraction of sp³-hybridized carbons (Fsp3) is 0.545. The molecule has 0 spiro atoms. The highest BCUT2D eigenvalue weighted by molar-refractivity contribution is 8.24. The molecule has 0 N–H and O–H groups in total. The first kappa shape index (κ1) is 12.7. The van der Waals surface area contributed by atoms with Crippen molar-refractivity contribution in [2.45, 2.75) is 24.8 Å². The van der Waals surface area contributed by atoms with Crippen LogP contribution in [0.3, 0.4) is 0 Å². The Kier molecular flexibility index (Phi) is 4.37. The second-order valence-corrected chi connectivity index (χ2v) is 6.17. The smallest absolute Gasteiger partial charge is 0.146 e. The summed E-state index contributed by atoms with van der Waals surface area (Å²) >= 11 is 7.00. The monoisotopic (exact) mass is 243 g/mol. The minimum atomic E-state index is -0.0108. The van der Waals surface area contributed by atoms with Crippen LogP contribution in [0.4, 0.5) is 0 Å². The fourth-order valence-corrected chi connectivity index (χ4v) is 3.41. The lowest BCUT2D eigenvalue weighted by atomic mass is 10.1. The van der Waals surface area contributed by atoms with E-state index in [1.54, 1.807) is 17.8 Å². The lowest BCUT2D eigenvalue weighted by molar-refractivity contribution is -0.0192. The molecule has 1 aliphatic rings. The van der Waals surface area contributed by atoms with Gasteiger partial charge in [0, 0.05) is 6.54 Å². The van der Waals surface area contributed by atoms with E-state index in [0.29, 0.717) is 6.61 Å². The molecule has 1 aliphatic heterocycles. The van der Waals surface area contributed by atoms with Crippen LogP contribution in [0.15, 0.2) is 25.3 Å². The van der Waals surface area contributed by atoms with Gasteiger partial charge < -0.3 is 9.64 Å². The van der Waals surface area contributed by atoms with E-state index in [9.17, 15) is 0 Å². The molecule has 1 fully saturated rings. The maximum Gasteiger partial charge on any atom is 0.146 e. The fourth-order valence-electron chi connectivity index (χ4n) is 1.56. The van der Waals surface area contributed by atoms with Crippen LogP contribution in [-0.2, 0) is 4.74 Å². The number of rotatable bonds is 5. The van der Waals surface area contributed by atoms with Gasteiger partial charge in [-0.3, -0.25) is 0 Å². The molecule has 84 valence electrons. The van der Waals surface area contributed by atoms with E-state index >= 15 is 0 Å². The molecule has 1 unspecified atom stereocenters. The first-order valence-corrected chi connectivity index (χ1v) is 6.08. The molecule has 0 radical (unpaired) electrons. The third-order valence-electron chi connectivity index (χ3n) is 2.16. The van der Waals surface area contributed by atoms with Gasteiger partial charge in [0.1, 0.15) is 10.5 Å².